The van der Waals surface area contributed by atoms with Crippen LogP contribution in [0.4, 0.5) is 0 Å². The molecule has 0 saturated carbocycles. The van der Waals surface area contributed by atoms with Crippen LogP contribution in [0.15, 0.2) is 0 Å². The number of hydrogen-bond acceptors (Lipinski definition) is 4. The van der Waals surface area contributed by atoms with E-state index in [1.54, 1.807) is 13.8 Å². The first kappa shape index (κ1) is 16.4. The quantitative estimate of drug-likeness (QED) is 0.668. The fraction of sp³-hybridized carbons (Fsp3) is 0.909. The summed E-state index contributed by atoms with van der Waals surface area (Å²) in [6.07, 6.45) is 1.68. The van der Waals surface area contributed by atoms with Crippen molar-refractivity contribution in [3.8, 4) is 0 Å². The molecule has 0 aliphatic carbocycles. The van der Waals surface area contributed by atoms with Crippen molar-refractivity contribution in [1.82, 2.24) is 5.32 Å². The summed E-state index contributed by atoms with van der Waals surface area (Å²) < 4.78 is 21.9. The maximum absolute atomic E-state index is 11.1. The summed E-state index contributed by atoms with van der Waals surface area (Å²) in [6, 6.07) is 0. The van der Waals surface area contributed by atoms with Crippen LogP contribution >= 0.6 is 0 Å². The van der Waals surface area contributed by atoms with E-state index in [0.29, 0.717) is 13.0 Å². The molecule has 0 aromatic carbocycles. The summed E-state index contributed by atoms with van der Waals surface area (Å²) in [5, 5.41) is 12.2. The molecule has 0 aliphatic heterocycles. The highest BCUT2D eigenvalue weighted by atomic mass is 32.2. The number of aliphatic carboxylic acids is 1. The highest BCUT2D eigenvalue weighted by Gasteiger charge is 2.42. The van der Waals surface area contributed by atoms with Gasteiger partial charge < -0.3 is 10.4 Å². The third-order valence-electron chi connectivity index (χ3n) is 3.36. The normalized spacial score (nSPS) is 13.7. The van der Waals surface area contributed by atoms with Gasteiger partial charge >= 0.3 is 5.97 Å². The lowest BCUT2D eigenvalue weighted by molar-refractivity contribution is -0.151. The Labute approximate surface area is 104 Å². The molecule has 17 heavy (non-hydrogen) atoms. The number of carboxylic acid groups (broad SMARTS) is 1. The Morgan fingerprint density at radius 3 is 2.06 bits per heavy atom. The molecule has 0 atom stereocenters. The van der Waals surface area contributed by atoms with Gasteiger partial charge in [0.15, 0.2) is 0 Å². The second kappa shape index (κ2) is 5.35. The zero-order chi connectivity index (χ0) is 13.9. The van der Waals surface area contributed by atoms with Gasteiger partial charge in [-0.05, 0) is 40.7 Å². The first-order valence-corrected chi connectivity index (χ1v) is 7.62. The van der Waals surface area contributed by atoms with Crippen LogP contribution in [0.3, 0.4) is 0 Å². The van der Waals surface area contributed by atoms with Gasteiger partial charge in [-0.15, -0.1) is 0 Å². The van der Waals surface area contributed by atoms with Gasteiger partial charge in [-0.3, -0.25) is 4.79 Å². The minimum Gasteiger partial charge on any atom is -0.481 e. The lowest BCUT2D eigenvalue weighted by atomic mass is 9.74. The lowest BCUT2D eigenvalue weighted by Gasteiger charge is -2.39. The number of hydrogen-bond donors (Lipinski definition) is 2. The molecule has 0 unspecified atom stereocenters. The van der Waals surface area contributed by atoms with E-state index in [1.165, 1.54) is 6.26 Å². The van der Waals surface area contributed by atoms with Crippen molar-refractivity contribution < 1.29 is 18.3 Å². The molecule has 0 heterocycles. The molecule has 6 heteroatoms. The topological polar surface area (TPSA) is 83.5 Å². The Bertz CT molecular complexity index is 371. The average Bonchev–Trinajstić information content (AvgIpc) is 2.10. The molecule has 0 fully saturated rings. The second-order valence-electron chi connectivity index (χ2n) is 5.47. The number of carbonyl (C=O) groups is 1. The van der Waals surface area contributed by atoms with Crippen LogP contribution < -0.4 is 5.32 Å². The van der Waals surface area contributed by atoms with Gasteiger partial charge in [0, 0.05) is 11.8 Å². The first-order chi connectivity index (χ1) is 7.40. The van der Waals surface area contributed by atoms with Gasteiger partial charge in [0.2, 0.25) is 0 Å². The lowest BCUT2D eigenvalue weighted by Crippen LogP contribution is -2.55. The Morgan fingerprint density at radius 1 is 1.24 bits per heavy atom. The number of sulfone groups is 1. The Balaban J connectivity index is 4.34. The molecule has 0 radical (unpaired) electrons. The second-order valence-corrected chi connectivity index (χ2v) is 7.73. The number of carboxylic acids is 1. The maximum Gasteiger partial charge on any atom is 0.310 e. The SMILES string of the molecule is CC(C)(NCCCS(C)(=O)=O)C(C)(C)C(=O)O. The summed E-state index contributed by atoms with van der Waals surface area (Å²) in [5.41, 5.74) is -1.52. The smallest absolute Gasteiger partial charge is 0.310 e. The molecular weight excluding hydrogens is 242 g/mol. The zero-order valence-electron chi connectivity index (χ0n) is 11.2. The molecule has 0 aromatic rings. The summed E-state index contributed by atoms with van der Waals surface area (Å²) in [7, 11) is -2.95. The maximum atomic E-state index is 11.1. The van der Waals surface area contributed by atoms with E-state index in [2.05, 4.69) is 5.32 Å². The number of rotatable bonds is 7. The fourth-order valence-electron chi connectivity index (χ4n) is 1.22. The van der Waals surface area contributed by atoms with Crippen LogP contribution in [-0.2, 0) is 14.6 Å². The van der Waals surface area contributed by atoms with Gasteiger partial charge in [-0.25, -0.2) is 8.42 Å². The van der Waals surface area contributed by atoms with E-state index in [9.17, 15) is 13.2 Å². The van der Waals surface area contributed by atoms with Crippen LogP contribution in [0.25, 0.3) is 0 Å². The monoisotopic (exact) mass is 265 g/mol. The highest BCUT2D eigenvalue weighted by molar-refractivity contribution is 7.90. The van der Waals surface area contributed by atoms with E-state index in [0.717, 1.165) is 0 Å². The summed E-state index contributed by atoms with van der Waals surface area (Å²) >= 11 is 0. The van der Waals surface area contributed by atoms with Crippen molar-refractivity contribution in [2.45, 2.75) is 39.7 Å². The molecule has 0 rings (SSSR count). The zero-order valence-corrected chi connectivity index (χ0v) is 12.0. The van der Waals surface area contributed by atoms with Crippen molar-refractivity contribution in [2.75, 3.05) is 18.6 Å². The Morgan fingerprint density at radius 2 is 1.71 bits per heavy atom. The standard InChI is InChI=1S/C11H23NO4S/c1-10(2,9(13)14)11(3,4)12-7-6-8-17(5,15)16/h12H,6-8H2,1-5H3,(H,13,14). The van der Waals surface area contributed by atoms with Gasteiger partial charge in [-0.2, -0.15) is 0 Å². The predicted molar refractivity (Wildman–Crippen MR) is 67.8 cm³/mol. The van der Waals surface area contributed by atoms with E-state index < -0.39 is 26.8 Å². The largest absolute Gasteiger partial charge is 0.481 e. The molecule has 0 spiro atoms. The van der Waals surface area contributed by atoms with Crippen LogP contribution in [-0.4, -0.2) is 43.6 Å². The summed E-state index contributed by atoms with van der Waals surface area (Å²) in [6.45, 7) is 7.40. The molecule has 0 bridgehead atoms. The first-order valence-electron chi connectivity index (χ1n) is 5.56. The Kier molecular flexibility index (Phi) is 5.16. The molecule has 0 amide bonds. The molecule has 2 N–H and O–H groups in total. The molecule has 0 aliphatic rings. The van der Waals surface area contributed by atoms with Crippen molar-refractivity contribution in [3.05, 3.63) is 0 Å². The van der Waals surface area contributed by atoms with Crippen molar-refractivity contribution in [3.63, 3.8) is 0 Å². The van der Waals surface area contributed by atoms with Crippen LogP contribution in [0, 0.1) is 5.41 Å². The third-order valence-corrected chi connectivity index (χ3v) is 4.39. The molecule has 0 aromatic heterocycles. The van der Waals surface area contributed by atoms with E-state index in [1.807, 2.05) is 13.8 Å². The third kappa shape index (κ3) is 5.04. The molecule has 5 nitrogen and oxygen atoms in total. The highest BCUT2D eigenvalue weighted by Crippen LogP contribution is 2.30. The average molecular weight is 265 g/mol. The van der Waals surface area contributed by atoms with Crippen molar-refractivity contribution >= 4 is 15.8 Å². The van der Waals surface area contributed by atoms with Gasteiger partial charge in [0.25, 0.3) is 0 Å². The summed E-state index contributed by atoms with van der Waals surface area (Å²) in [5.74, 6) is -0.762. The molecular formula is C11H23NO4S. The van der Waals surface area contributed by atoms with Gasteiger partial charge in [-0.1, -0.05) is 0 Å². The van der Waals surface area contributed by atoms with E-state index >= 15 is 0 Å². The van der Waals surface area contributed by atoms with Crippen LogP contribution in [0.2, 0.25) is 0 Å². The molecule has 0 saturated heterocycles. The minimum atomic E-state index is -2.95. The predicted octanol–water partition coefficient (Wildman–Crippen LogP) is 0.900. The van der Waals surface area contributed by atoms with Crippen molar-refractivity contribution in [1.29, 1.82) is 0 Å². The van der Waals surface area contributed by atoms with Gasteiger partial charge in [0.1, 0.15) is 9.84 Å². The van der Waals surface area contributed by atoms with Crippen molar-refractivity contribution in [2.24, 2.45) is 5.41 Å². The molecule has 102 valence electrons. The number of nitrogens with one attached hydrogen (secondary N) is 1. The minimum absolute atomic E-state index is 0.115. The van der Waals surface area contributed by atoms with Gasteiger partial charge in [0.05, 0.1) is 11.2 Å². The van der Waals surface area contributed by atoms with E-state index in [4.69, 9.17) is 5.11 Å². The van der Waals surface area contributed by atoms with Crippen LogP contribution in [0.1, 0.15) is 34.1 Å². The van der Waals surface area contributed by atoms with Crippen LogP contribution in [0.5, 0.6) is 0 Å². The fourth-order valence-corrected chi connectivity index (χ4v) is 1.89. The summed E-state index contributed by atoms with van der Waals surface area (Å²) in [4.78, 5) is 11.1. The van der Waals surface area contributed by atoms with E-state index in [-0.39, 0.29) is 5.75 Å². The Hall–Kier alpha value is -0.620.